The number of methoxy groups -OCH3 is 1. The van der Waals surface area contributed by atoms with Gasteiger partial charge in [-0.3, -0.25) is 0 Å². The summed E-state index contributed by atoms with van der Waals surface area (Å²) in [5, 5.41) is 8.68. The number of rotatable bonds is 3. The van der Waals surface area contributed by atoms with Gasteiger partial charge in [0.1, 0.15) is 12.3 Å². The number of sulfone groups is 1. The molecule has 0 saturated carbocycles. The molecule has 0 spiro atoms. The first kappa shape index (κ1) is 11.3. The molecule has 5 heteroatoms. The zero-order chi connectivity index (χ0) is 11.3. The van der Waals surface area contributed by atoms with Crippen LogP contribution in [0, 0.1) is 11.3 Å². The van der Waals surface area contributed by atoms with E-state index in [4.69, 9.17) is 5.26 Å². The third-order valence-electron chi connectivity index (χ3n) is 1.68. The predicted molar refractivity (Wildman–Crippen MR) is 54.3 cm³/mol. The zero-order valence-electron chi connectivity index (χ0n) is 8.04. The molecule has 0 N–H and O–H groups in total. The third kappa shape index (κ3) is 2.36. The SMILES string of the molecule is CO/C=C(/C#N)S(=O)(=O)c1ccccc1. The first-order chi connectivity index (χ1) is 7.12. The Morgan fingerprint density at radius 1 is 1.40 bits per heavy atom. The van der Waals surface area contributed by atoms with Gasteiger partial charge in [-0.25, -0.2) is 8.42 Å². The van der Waals surface area contributed by atoms with Crippen molar-refractivity contribution in [1.29, 1.82) is 5.26 Å². The van der Waals surface area contributed by atoms with Crippen LogP contribution in [-0.4, -0.2) is 15.5 Å². The van der Waals surface area contributed by atoms with Gasteiger partial charge in [-0.1, -0.05) is 18.2 Å². The monoisotopic (exact) mass is 223 g/mol. The fourth-order valence-electron chi connectivity index (χ4n) is 0.983. The van der Waals surface area contributed by atoms with E-state index in [1.54, 1.807) is 24.3 Å². The summed E-state index contributed by atoms with van der Waals surface area (Å²) >= 11 is 0. The van der Waals surface area contributed by atoms with Gasteiger partial charge >= 0.3 is 0 Å². The van der Waals surface area contributed by atoms with Gasteiger partial charge in [0.25, 0.3) is 0 Å². The standard InChI is InChI=1S/C10H9NO3S/c1-14-8-10(7-11)15(12,13)9-5-3-2-4-6-9/h2-6,8H,1H3/b10-8-. The van der Waals surface area contributed by atoms with E-state index in [0.29, 0.717) is 0 Å². The summed E-state index contributed by atoms with van der Waals surface area (Å²) in [6.45, 7) is 0. The number of benzene rings is 1. The van der Waals surface area contributed by atoms with Gasteiger partial charge in [-0.2, -0.15) is 5.26 Å². The summed E-state index contributed by atoms with van der Waals surface area (Å²) < 4.78 is 28.1. The maximum Gasteiger partial charge on any atom is 0.219 e. The molecule has 1 rings (SSSR count). The van der Waals surface area contributed by atoms with Crippen LogP contribution in [0.25, 0.3) is 0 Å². The maximum atomic E-state index is 11.8. The van der Waals surface area contributed by atoms with Gasteiger partial charge in [0.2, 0.25) is 9.84 Å². The molecule has 15 heavy (non-hydrogen) atoms. The molecule has 78 valence electrons. The molecule has 0 bridgehead atoms. The smallest absolute Gasteiger partial charge is 0.219 e. The molecule has 0 aliphatic carbocycles. The molecule has 0 radical (unpaired) electrons. The number of ether oxygens (including phenoxy) is 1. The molecular weight excluding hydrogens is 214 g/mol. The van der Waals surface area contributed by atoms with E-state index >= 15 is 0 Å². The van der Waals surface area contributed by atoms with Crippen LogP contribution >= 0.6 is 0 Å². The van der Waals surface area contributed by atoms with Crippen LogP contribution in [0.5, 0.6) is 0 Å². The minimum Gasteiger partial charge on any atom is -0.502 e. The Morgan fingerprint density at radius 3 is 2.47 bits per heavy atom. The predicted octanol–water partition coefficient (Wildman–Crippen LogP) is 1.47. The number of hydrogen-bond acceptors (Lipinski definition) is 4. The Bertz CT molecular complexity index is 497. The van der Waals surface area contributed by atoms with Crippen LogP contribution < -0.4 is 0 Å². The fourth-order valence-corrected chi connectivity index (χ4v) is 2.10. The van der Waals surface area contributed by atoms with E-state index in [-0.39, 0.29) is 4.90 Å². The molecule has 0 aliphatic heterocycles. The summed E-state index contributed by atoms with van der Waals surface area (Å²) in [6.07, 6.45) is 0.919. The molecule has 0 atom stereocenters. The Balaban J connectivity index is 3.27. The molecule has 0 aliphatic rings. The van der Waals surface area contributed by atoms with E-state index in [9.17, 15) is 8.42 Å². The van der Waals surface area contributed by atoms with E-state index < -0.39 is 14.7 Å². The van der Waals surface area contributed by atoms with Gasteiger partial charge in [0, 0.05) is 0 Å². The summed E-state index contributed by atoms with van der Waals surface area (Å²) in [4.78, 5) is -0.328. The Kier molecular flexibility index (Phi) is 3.47. The Labute approximate surface area is 88.3 Å². The quantitative estimate of drug-likeness (QED) is 0.575. The maximum absolute atomic E-state index is 11.8. The fraction of sp³-hybridized carbons (Fsp3) is 0.100. The highest BCUT2D eigenvalue weighted by molar-refractivity contribution is 7.95. The molecule has 0 amide bonds. The van der Waals surface area contributed by atoms with Gasteiger partial charge in [0.15, 0.2) is 4.91 Å². The van der Waals surface area contributed by atoms with Crippen LogP contribution in [0.2, 0.25) is 0 Å². The van der Waals surface area contributed by atoms with Crippen molar-refractivity contribution in [2.75, 3.05) is 7.11 Å². The highest BCUT2D eigenvalue weighted by atomic mass is 32.2. The zero-order valence-corrected chi connectivity index (χ0v) is 8.86. The molecule has 0 saturated heterocycles. The lowest BCUT2D eigenvalue weighted by Gasteiger charge is -2.01. The van der Waals surface area contributed by atoms with E-state index in [1.165, 1.54) is 19.2 Å². The van der Waals surface area contributed by atoms with E-state index in [2.05, 4.69) is 4.74 Å². The van der Waals surface area contributed by atoms with Crippen molar-refractivity contribution in [2.45, 2.75) is 4.90 Å². The van der Waals surface area contributed by atoms with E-state index in [0.717, 1.165) is 6.26 Å². The molecule has 0 fully saturated rings. The average molecular weight is 223 g/mol. The molecule has 0 heterocycles. The van der Waals surface area contributed by atoms with Crippen molar-refractivity contribution in [2.24, 2.45) is 0 Å². The molecule has 4 nitrogen and oxygen atoms in total. The summed E-state index contributed by atoms with van der Waals surface area (Å²) in [6, 6.07) is 9.33. The van der Waals surface area contributed by atoms with Crippen LogP contribution in [0.3, 0.4) is 0 Å². The second kappa shape index (κ2) is 4.62. The number of allylic oxidation sites excluding steroid dienone is 1. The normalized spacial score (nSPS) is 11.9. The molecule has 0 unspecified atom stereocenters. The first-order valence-corrected chi connectivity index (χ1v) is 5.54. The molecule has 1 aromatic rings. The highest BCUT2D eigenvalue weighted by Gasteiger charge is 2.20. The van der Waals surface area contributed by atoms with Gasteiger partial charge in [-0.15, -0.1) is 0 Å². The van der Waals surface area contributed by atoms with Crippen LogP contribution in [0.4, 0.5) is 0 Å². The largest absolute Gasteiger partial charge is 0.502 e. The van der Waals surface area contributed by atoms with Gasteiger partial charge < -0.3 is 4.74 Å². The summed E-state index contributed by atoms with van der Waals surface area (Å²) in [5.41, 5.74) is 0. The average Bonchev–Trinajstić information content (AvgIpc) is 2.27. The van der Waals surface area contributed by atoms with Crippen molar-refractivity contribution < 1.29 is 13.2 Å². The Hall–Kier alpha value is -1.80. The topological polar surface area (TPSA) is 67.2 Å². The third-order valence-corrected chi connectivity index (χ3v) is 3.34. The lowest BCUT2D eigenvalue weighted by molar-refractivity contribution is 0.337. The van der Waals surface area contributed by atoms with Crippen LogP contribution in [0.15, 0.2) is 46.4 Å². The molecular formula is C10H9NO3S. The first-order valence-electron chi connectivity index (χ1n) is 4.06. The lowest BCUT2D eigenvalue weighted by atomic mass is 10.4. The van der Waals surface area contributed by atoms with Crippen molar-refractivity contribution in [3.63, 3.8) is 0 Å². The summed E-state index contributed by atoms with van der Waals surface area (Å²) in [7, 11) is -2.45. The second-order valence-electron chi connectivity index (χ2n) is 2.65. The minimum atomic E-state index is -3.74. The number of hydrogen-bond donors (Lipinski definition) is 0. The van der Waals surface area contributed by atoms with Crippen LogP contribution in [-0.2, 0) is 14.6 Å². The van der Waals surface area contributed by atoms with Crippen molar-refractivity contribution in [3.8, 4) is 6.07 Å². The van der Waals surface area contributed by atoms with Crippen molar-refractivity contribution in [1.82, 2.24) is 0 Å². The highest BCUT2D eigenvalue weighted by Crippen LogP contribution is 2.17. The van der Waals surface area contributed by atoms with Gasteiger partial charge in [0.05, 0.1) is 12.0 Å². The molecule has 0 aromatic heterocycles. The van der Waals surface area contributed by atoms with Crippen LogP contribution in [0.1, 0.15) is 0 Å². The number of nitrogens with zero attached hydrogens (tertiary/aromatic N) is 1. The summed E-state index contributed by atoms with van der Waals surface area (Å²) in [5.74, 6) is 0. The lowest BCUT2D eigenvalue weighted by Crippen LogP contribution is -2.03. The van der Waals surface area contributed by atoms with Gasteiger partial charge in [-0.05, 0) is 12.1 Å². The molecule has 1 aromatic carbocycles. The van der Waals surface area contributed by atoms with Crippen molar-refractivity contribution in [3.05, 3.63) is 41.5 Å². The second-order valence-corrected chi connectivity index (χ2v) is 4.56. The van der Waals surface area contributed by atoms with Crippen molar-refractivity contribution >= 4 is 9.84 Å². The number of nitriles is 1. The minimum absolute atomic E-state index is 0.0786. The van der Waals surface area contributed by atoms with E-state index in [1.807, 2.05) is 0 Å². The Morgan fingerprint density at radius 2 is 2.00 bits per heavy atom.